The molecule has 1 aliphatic rings. The van der Waals surface area contributed by atoms with Crippen molar-refractivity contribution in [3.05, 3.63) is 41.2 Å². The Morgan fingerprint density at radius 2 is 1.92 bits per heavy atom. The summed E-state index contributed by atoms with van der Waals surface area (Å²) in [5.74, 6) is -0.232. The van der Waals surface area contributed by atoms with Crippen LogP contribution in [0, 0.1) is 11.3 Å². The Morgan fingerprint density at radius 1 is 1.27 bits per heavy atom. The van der Waals surface area contributed by atoms with Crippen LogP contribution in [0.5, 0.6) is 5.75 Å². The monoisotopic (exact) mass is 352 g/mol. The molecule has 2 aromatic rings. The fourth-order valence-electron chi connectivity index (χ4n) is 3.87. The lowest BCUT2D eigenvalue weighted by molar-refractivity contribution is 0.0687. The van der Waals surface area contributed by atoms with E-state index >= 15 is 0 Å². The van der Waals surface area contributed by atoms with Crippen LogP contribution in [-0.2, 0) is 13.5 Å². The summed E-state index contributed by atoms with van der Waals surface area (Å²) in [6, 6.07) is 9.63. The van der Waals surface area contributed by atoms with Crippen LogP contribution < -0.4 is 4.74 Å². The molecule has 0 amide bonds. The lowest BCUT2D eigenvalue weighted by Crippen LogP contribution is -2.19. The largest absolute Gasteiger partial charge is 0.490 e. The molecule has 0 unspecified atom stereocenters. The number of carboxylic acids is 1. The van der Waals surface area contributed by atoms with Crippen LogP contribution in [0.15, 0.2) is 24.3 Å². The topological polar surface area (TPSA) is 75.2 Å². The molecule has 1 saturated carbocycles. The lowest BCUT2D eigenvalue weighted by atomic mass is 9.97. The van der Waals surface area contributed by atoms with Crippen molar-refractivity contribution < 1.29 is 14.6 Å². The highest BCUT2D eigenvalue weighted by Gasteiger charge is 2.25. The maximum atomic E-state index is 11.8. The third-order valence-corrected chi connectivity index (χ3v) is 5.16. The molecular formula is C21H24N2O3. The Kier molecular flexibility index (Phi) is 5.32. The maximum Gasteiger partial charge on any atom is 0.353 e. The second-order valence-electron chi connectivity index (χ2n) is 6.78. The molecule has 0 saturated heterocycles. The summed E-state index contributed by atoms with van der Waals surface area (Å²) in [5.41, 5.74) is 2.55. The zero-order chi connectivity index (χ0) is 18.7. The average Bonchev–Trinajstić information content (AvgIpc) is 2.94. The third-order valence-electron chi connectivity index (χ3n) is 5.16. The van der Waals surface area contributed by atoms with Gasteiger partial charge in [-0.15, -0.1) is 0 Å². The summed E-state index contributed by atoms with van der Waals surface area (Å²) in [7, 11) is 1.70. The van der Waals surface area contributed by atoms with Crippen molar-refractivity contribution in [3.8, 4) is 22.9 Å². The molecule has 0 radical (unpaired) electrons. The number of rotatable bonds is 5. The lowest BCUT2D eigenvalue weighted by Gasteiger charge is -2.23. The molecule has 0 aliphatic heterocycles. The van der Waals surface area contributed by atoms with Gasteiger partial charge in [0.25, 0.3) is 0 Å². The van der Waals surface area contributed by atoms with Gasteiger partial charge in [0.05, 0.1) is 11.7 Å². The highest BCUT2D eigenvalue weighted by atomic mass is 16.5. The van der Waals surface area contributed by atoms with E-state index in [-0.39, 0.29) is 11.8 Å². The minimum atomic E-state index is -1.03. The SMILES string of the molecule is CCc1c(C#N)c(-c2ccc(OC3CCCCC3)cc2)c(C(=O)O)n1C. The first-order valence-corrected chi connectivity index (χ1v) is 9.18. The van der Waals surface area contributed by atoms with Gasteiger partial charge >= 0.3 is 5.97 Å². The quantitative estimate of drug-likeness (QED) is 0.857. The number of nitriles is 1. The molecule has 0 atom stereocenters. The molecule has 5 nitrogen and oxygen atoms in total. The first kappa shape index (κ1) is 18.1. The van der Waals surface area contributed by atoms with E-state index in [0.717, 1.165) is 29.8 Å². The van der Waals surface area contributed by atoms with E-state index in [2.05, 4.69) is 6.07 Å². The predicted molar refractivity (Wildman–Crippen MR) is 99.4 cm³/mol. The summed E-state index contributed by atoms with van der Waals surface area (Å²) < 4.78 is 7.66. The van der Waals surface area contributed by atoms with E-state index in [1.54, 1.807) is 11.6 Å². The van der Waals surface area contributed by atoms with Crippen LogP contribution >= 0.6 is 0 Å². The molecule has 1 aliphatic carbocycles. The molecule has 1 aromatic heterocycles. The van der Waals surface area contributed by atoms with Gasteiger partial charge in [-0.1, -0.05) is 25.5 Å². The van der Waals surface area contributed by atoms with Gasteiger partial charge in [0, 0.05) is 18.3 Å². The number of carbonyl (C=O) groups is 1. The first-order valence-electron chi connectivity index (χ1n) is 9.18. The Bertz CT molecular complexity index is 838. The number of benzene rings is 1. The predicted octanol–water partition coefficient (Wildman–Crippen LogP) is 4.54. The molecule has 5 heteroatoms. The van der Waals surface area contributed by atoms with Crippen LogP contribution in [0.2, 0.25) is 0 Å². The average molecular weight is 352 g/mol. The van der Waals surface area contributed by atoms with Gasteiger partial charge in [0.1, 0.15) is 17.5 Å². The van der Waals surface area contributed by atoms with Crippen LogP contribution in [0.25, 0.3) is 11.1 Å². The van der Waals surface area contributed by atoms with Gasteiger partial charge < -0.3 is 14.4 Å². The number of aromatic carboxylic acids is 1. The summed E-state index contributed by atoms with van der Waals surface area (Å²) in [6.45, 7) is 1.92. The Labute approximate surface area is 153 Å². The molecule has 1 heterocycles. The van der Waals surface area contributed by atoms with Crippen molar-refractivity contribution in [1.29, 1.82) is 5.26 Å². The van der Waals surface area contributed by atoms with Gasteiger partial charge in [-0.25, -0.2) is 4.79 Å². The van der Waals surface area contributed by atoms with E-state index < -0.39 is 5.97 Å². The number of hydrogen-bond acceptors (Lipinski definition) is 3. The summed E-state index contributed by atoms with van der Waals surface area (Å²) in [6.07, 6.45) is 6.73. The normalized spacial score (nSPS) is 14.8. The fourth-order valence-corrected chi connectivity index (χ4v) is 3.87. The van der Waals surface area contributed by atoms with Gasteiger partial charge in [0.2, 0.25) is 0 Å². The second-order valence-corrected chi connectivity index (χ2v) is 6.78. The first-order chi connectivity index (χ1) is 12.6. The summed E-state index contributed by atoms with van der Waals surface area (Å²) in [4.78, 5) is 11.8. The molecule has 1 N–H and O–H groups in total. The van der Waals surface area contributed by atoms with Crippen molar-refractivity contribution in [1.82, 2.24) is 4.57 Å². The van der Waals surface area contributed by atoms with Gasteiger partial charge in [-0.3, -0.25) is 0 Å². The molecular weight excluding hydrogens is 328 g/mol. The zero-order valence-electron chi connectivity index (χ0n) is 15.3. The third kappa shape index (κ3) is 3.32. The highest BCUT2D eigenvalue weighted by Crippen LogP contribution is 2.34. The summed E-state index contributed by atoms with van der Waals surface area (Å²) >= 11 is 0. The number of ether oxygens (including phenoxy) is 1. The number of aromatic nitrogens is 1. The Balaban J connectivity index is 1.96. The molecule has 0 bridgehead atoms. The second kappa shape index (κ2) is 7.65. The standard InChI is InChI=1S/C21H24N2O3/c1-3-18-17(13-22)19(20(21(24)25)23(18)2)14-9-11-16(12-10-14)26-15-7-5-4-6-8-15/h9-12,15H,3-8H2,1-2H3,(H,24,25). The van der Waals surface area contributed by atoms with Crippen LogP contribution in [0.3, 0.4) is 0 Å². The van der Waals surface area contributed by atoms with E-state index in [1.807, 2.05) is 31.2 Å². The zero-order valence-corrected chi connectivity index (χ0v) is 15.3. The van der Waals surface area contributed by atoms with Gasteiger partial charge in [-0.05, 0) is 49.8 Å². The molecule has 1 fully saturated rings. The van der Waals surface area contributed by atoms with Crippen molar-refractivity contribution >= 4 is 5.97 Å². The molecule has 1 aromatic carbocycles. The van der Waals surface area contributed by atoms with E-state index in [9.17, 15) is 15.2 Å². The van der Waals surface area contributed by atoms with Gasteiger partial charge in [0.15, 0.2) is 0 Å². The van der Waals surface area contributed by atoms with E-state index in [1.165, 1.54) is 19.3 Å². The minimum Gasteiger partial charge on any atom is -0.490 e. The van der Waals surface area contributed by atoms with Crippen molar-refractivity contribution in [2.24, 2.45) is 7.05 Å². The smallest absolute Gasteiger partial charge is 0.353 e. The highest BCUT2D eigenvalue weighted by molar-refractivity contribution is 5.97. The van der Waals surface area contributed by atoms with E-state index in [0.29, 0.717) is 17.5 Å². The molecule has 136 valence electrons. The van der Waals surface area contributed by atoms with Crippen molar-refractivity contribution in [2.75, 3.05) is 0 Å². The number of carboxylic acid groups (broad SMARTS) is 1. The molecule has 26 heavy (non-hydrogen) atoms. The fraction of sp³-hybridized carbons (Fsp3) is 0.429. The van der Waals surface area contributed by atoms with Crippen molar-refractivity contribution in [3.63, 3.8) is 0 Å². The van der Waals surface area contributed by atoms with Crippen LogP contribution in [0.4, 0.5) is 0 Å². The Hall–Kier alpha value is -2.74. The summed E-state index contributed by atoms with van der Waals surface area (Å²) in [5, 5.41) is 19.3. The Morgan fingerprint density at radius 3 is 2.46 bits per heavy atom. The molecule has 3 rings (SSSR count). The van der Waals surface area contributed by atoms with Crippen molar-refractivity contribution in [2.45, 2.75) is 51.6 Å². The molecule has 0 spiro atoms. The minimum absolute atomic E-state index is 0.152. The van der Waals surface area contributed by atoms with Gasteiger partial charge in [-0.2, -0.15) is 5.26 Å². The van der Waals surface area contributed by atoms with Crippen LogP contribution in [-0.4, -0.2) is 21.7 Å². The number of hydrogen-bond donors (Lipinski definition) is 1. The number of nitrogens with zero attached hydrogens (tertiary/aromatic N) is 2. The van der Waals surface area contributed by atoms with E-state index in [4.69, 9.17) is 4.74 Å². The maximum absolute atomic E-state index is 11.8. The van der Waals surface area contributed by atoms with Crippen LogP contribution in [0.1, 0.15) is 60.8 Å².